The molecule has 0 aromatic heterocycles. The Morgan fingerprint density at radius 1 is 1.06 bits per heavy atom. The molecule has 8 nitrogen and oxygen atoms in total. The van der Waals surface area contributed by atoms with Crippen molar-refractivity contribution >= 4 is 33.2 Å². The highest BCUT2D eigenvalue weighted by atomic mass is 32.2. The van der Waals surface area contributed by atoms with Gasteiger partial charge in [0.1, 0.15) is 0 Å². The van der Waals surface area contributed by atoms with Crippen molar-refractivity contribution in [3.8, 4) is 0 Å². The molecule has 9 heteroatoms. The Labute approximate surface area is 188 Å². The topological polar surface area (TPSA) is 96.0 Å². The Bertz CT molecular complexity index is 1150. The summed E-state index contributed by atoms with van der Waals surface area (Å²) in [4.78, 5) is 28.4. The summed E-state index contributed by atoms with van der Waals surface area (Å²) in [5.41, 5.74) is 2.07. The molecule has 4 rings (SSSR count). The number of rotatable bonds is 4. The van der Waals surface area contributed by atoms with Gasteiger partial charge in [0.05, 0.1) is 28.4 Å². The number of hydrogen-bond donors (Lipinski definition) is 1. The molecule has 1 N–H and O–H groups in total. The Hall–Kier alpha value is -2.91. The Morgan fingerprint density at radius 2 is 1.75 bits per heavy atom. The first kappa shape index (κ1) is 22.3. The number of sulfonamides is 1. The molecule has 2 aromatic rings. The zero-order valence-corrected chi connectivity index (χ0v) is 19.2. The summed E-state index contributed by atoms with van der Waals surface area (Å²) >= 11 is 0. The molecule has 1 fully saturated rings. The normalized spacial score (nSPS) is 20.7. The number of hydrogen-bond acceptors (Lipinski definition) is 5. The van der Waals surface area contributed by atoms with Gasteiger partial charge in [0.25, 0.3) is 15.9 Å². The number of morpholine rings is 1. The lowest BCUT2D eigenvalue weighted by Gasteiger charge is -2.35. The van der Waals surface area contributed by atoms with Gasteiger partial charge < -0.3 is 14.5 Å². The van der Waals surface area contributed by atoms with Crippen LogP contribution < -0.4 is 9.62 Å². The lowest BCUT2D eigenvalue weighted by Crippen LogP contribution is -2.48. The van der Waals surface area contributed by atoms with Gasteiger partial charge in [-0.1, -0.05) is 12.1 Å². The minimum absolute atomic E-state index is 0.0725. The summed E-state index contributed by atoms with van der Waals surface area (Å²) in [7, 11) is -3.93. The van der Waals surface area contributed by atoms with Crippen LogP contribution in [0.1, 0.15) is 36.7 Å². The minimum atomic E-state index is -3.93. The molecule has 0 bridgehead atoms. The third kappa shape index (κ3) is 4.35. The maximum Gasteiger partial charge on any atom is 0.261 e. The van der Waals surface area contributed by atoms with Crippen LogP contribution in [0.3, 0.4) is 0 Å². The monoisotopic (exact) mass is 457 g/mol. The molecule has 2 unspecified atom stereocenters. The molecule has 2 atom stereocenters. The maximum absolute atomic E-state index is 13.2. The predicted octanol–water partition coefficient (Wildman–Crippen LogP) is 2.65. The van der Waals surface area contributed by atoms with Crippen molar-refractivity contribution in [3.63, 3.8) is 0 Å². The largest absolute Gasteiger partial charge is 0.372 e. The van der Waals surface area contributed by atoms with Gasteiger partial charge in [-0.2, -0.15) is 0 Å². The van der Waals surface area contributed by atoms with Crippen molar-refractivity contribution in [1.29, 1.82) is 0 Å². The van der Waals surface area contributed by atoms with E-state index in [1.54, 1.807) is 46.2 Å². The number of fused-ring (bicyclic) bond motifs is 1. The number of carbonyl (C=O) groups is 2. The van der Waals surface area contributed by atoms with E-state index in [0.29, 0.717) is 31.6 Å². The standard InChI is InChI=1S/C23H27N3O5S/c1-15-13-25(14-16(2)31-15)23(28)20-6-4-5-7-21(20)24-32(29,30)19-8-9-22-18(12-19)10-11-26(22)17(3)27/h4-9,12,15-16,24H,10-11,13-14H2,1-3H3. The van der Waals surface area contributed by atoms with Crippen LogP contribution in [0.15, 0.2) is 47.4 Å². The summed E-state index contributed by atoms with van der Waals surface area (Å²) in [6.45, 7) is 6.74. The Kier molecular flexibility index (Phi) is 5.96. The van der Waals surface area contributed by atoms with Crippen molar-refractivity contribution in [2.24, 2.45) is 0 Å². The van der Waals surface area contributed by atoms with E-state index in [4.69, 9.17) is 4.74 Å². The van der Waals surface area contributed by atoms with Crippen LogP contribution in [0.25, 0.3) is 0 Å². The molecule has 32 heavy (non-hydrogen) atoms. The molecule has 2 heterocycles. The second-order valence-corrected chi connectivity index (χ2v) is 10.0. The number of nitrogens with one attached hydrogen (secondary N) is 1. The van der Waals surface area contributed by atoms with Gasteiger partial charge in [0, 0.05) is 32.2 Å². The molecular weight excluding hydrogens is 430 g/mol. The summed E-state index contributed by atoms with van der Waals surface area (Å²) < 4.78 is 34.6. The lowest BCUT2D eigenvalue weighted by molar-refractivity contribution is -0.116. The van der Waals surface area contributed by atoms with Crippen LogP contribution in [0.2, 0.25) is 0 Å². The highest BCUT2D eigenvalue weighted by molar-refractivity contribution is 7.92. The van der Waals surface area contributed by atoms with Crippen LogP contribution in [0, 0.1) is 0 Å². The Morgan fingerprint density at radius 3 is 2.44 bits per heavy atom. The van der Waals surface area contributed by atoms with Crippen molar-refractivity contribution in [3.05, 3.63) is 53.6 Å². The zero-order chi connectivity index (χ0) is 23.0. The van der Waals surface area contributed by atoms with E-state index in [2.05, 4.69) is 4.72 Å². The number of ether oxygens (including phenoxy) is 1. The fraction of sp³-hybridized carbons (Fsp3) is 0.391. The summed E-state index contributed by atoms with van der Waals surface area (Å²) in [5.74, 6) is -0.312. The van der Waals surface area contributed by atoms with Crippen LogP contribution in [-0.4, -0.2) is 57.0 Å². The predicted molar refractivity (Wildman–Crippen MR) is 121 cm³/mol. The van der Waals surface area contributed by atoms with E-state index >= 15 is 0 Å². The quantitative estimate of drug-likeness (QED) is 0.762. The van der Waals surface area contributed by atoms with Gasteiger partial charge in [0.15, 0.2) is 0 Å². The van der Waals surface area contributed by atoms with E-state index in [-0.39, 0.29) is 34.6 Å². The van der Waals surface area contributed by atoms with Gasteiger partial charge >= 0.3 is 0 Å². The summed E-state index contributed by atoms with van der Waals surface area (Å²) in [6.07, 6.45) is 0.417. The third-order valence-electron chi connectivity index (χ3n) is 5.75. The fourth-order valence-corrected chi connectivity index (χ4v) is 5.48. The zero-order valence-electron chi connectivity index (χ0n) is 18.4. The number of amides is 2. The molecule has 2 aliphatic heterocycles. The molecule has 2 aromatic carbocycles. The van der Waals surface area contributed by atoms with E-state index < -0.39 is 10.0 Å². The lowest BCUT2D eigenvalue weighted by atomic mass is 10.1. The average Bonchev–Trinajstić information content (AvgIpc) is 3.16. The van der Waals surface area contributed by atoms with E-state index in [9.17, 15) is 18.0 Å². The van der Waals surface area contributed by atoms with E-state index in [1.165, 1.54) is 13.0 Å². The SMILES string of the molecule is CC(=O)N1CCc2cc(S(=O)(=O)Nc3ccccc3C(=O)N3CC(C)OC(C)C3)ccc21. The molecule has 0 radical (unpaired) electrons. The summed E-state index contributed by atoms with van der Waals surface area (Å²) in [5, 5.41) is 0. The van der Waals surface area contributed by atoms with Gasteiger partial charge in [-0.15, -0.1) is 0 Å². The molecular formula is C23H27N3O5S. The van der Waals surface area contributed by atoms with Gasteiger partial charge in [-0.3, -0.25) is 14.3 Å². The van der Waals surface area contributed by atoms with Crippen LogP contribution in [0.5, 0.6) is 0 Å². The van der Waals surface area contributed by atoms with Gasteiger partial charge in [-0.05, 0) is 56.2 Å². The first-order chi connectivity index (χ1) is 15.2. The van der Waals surface area contributed by atoms with E-state index in [1.807, 2.05) is 13.8 Å². The van der Waals surface area contributed by atoms with Crippen LogP contribution in [0.4, 0.5) is 11.4 Å². The van der Waals surface area contributed by atoms with Gasteiger partial charge in [-0.25, -0.2) is 8.42 Å². The highest BCUT2D eigenvalue weighted by Crippen LogP contribution is 2.31. The van der Waals surface area contributed by atoms with Crippen molar-refractivity contribution in [1.82, 2.24) is 4.90 Å². The fourth-order valence-electron chi connectivity index (χ4n) is 4.35. The minimum Gasteiger partial charge on any atom is -0.372 e. The Balaban J connectivity index is 1.60. The number of anilines is 2. The summed E-state index contributed by atoms with van der Waals surface area (Å²) in [6, 6.07) is 11.3. The molecule has 0 saturated carbocycles. The molecule has 1 saturated heterocycles. The molecule has 2 amide bonds. The molecule has 2 aliphatic rings. The maximum atomic E-state index is 13.2. The highest BCUT2D eigenvalue weighted by Gasteiger charge is 2.29. The van der Waals surface area contributed by atoms with Gasteiger partial charge in [0.2, 0.25) is 5.91 Å². The number of nitrogens with zero attached hydrogens (tertiary/aromatic N) is 2. The second kappa shape index (κ2) is 8.55. The third-order valence-corrected chi connectivity index (χ3v) is 7.11. The number of carbonyl (C=O) groups excluding carboxylic acids is 2. The van der Waals surface area contributed by atoms with E-state index in [0.717, 1.165) is 11.3 Å². The number of benzene rings is 2. The van der Waals surface area contributed by atoms with Crippen LogP contribution in [-0.2, 0) is 26.0 Å². The molecule has 170 valence electrons. The van der Waals surface area contributed by atoms with Crippen LogP contribution >= 0.6 is 0 Å². The molecule has 0 spiro atoms. The second-order valence-electron chi connectivity index (χ2n) is 8.33. The van der Waals surface area contributed by atoms with Crippen molar-refractivity contribution < 1.29 is 22.7 Å². The van der Waals surface area contributed by atoms with Crippen molar-refractivity contribution in [2.75, 3.05) is 29.3 Å². The smallest absolute Gasteiger partial charge is 0.261 e. The first-order valence-electron chi connectivity index (χ1n) is 10.6. The molecule has 0 aliphatic carbocycles. The first-order valence-corrected chi connectivity index (χ1v) is 12.1. The number of para-hydroxylation sites is 1. The van der Waals surface area contributed by atoms with Crippen molar-refractivity contribution in [2.45, 2.75) is 44.3 Å². The average molecular weight is 458 g/mol.